The second kappa shape index (κ2) is 4.55. The molecule has 0 aromatic heterocycles. The van der Waals surface area contributed by atoms with Crippen molar-refractivity contribution in [3.63, 3.8) is 0 Å². The fraction of sp³-hybridized carbons (Fsp3) is 1.00. The lowest BCUT2D eigenvalue weighted by Crippen LogP contribution is -2.44. The van der Waals surface area contributed by atoms with Gasteiger partial charge in [0.25, 0.3) is 0 Å². The number of rotatable bonds is 2. The second-order valence-electron chi connectivity index (χ2n) is 7.07. The van der Waals surface area contributed by atoms with Gasteiger partial charge in [-0.15, -0.1) is 0 Å². The van der Waals surface area contributed by atoms with Crippen LogP contribution in [0.3, 0.4) is 0 Å². The summed E-state index contributed by atoms with van der Waals surface area (Å²) in [6.45, 7) is 7.11. The number of aliphatic hydroxyl groups excluding tert-OH is 1. The summed E-state index contributed by atoms with van der Waals surface area (Å²) in [4.78, 5) is 2.69. The summed E-state index contributed by atoms with van der Waals surface area (Å²) in [6, 6.07) is 0.860. The summed E-state index contributed by atoms with van der Waals surface area (Å²) in [6.07, 6.45) is 6.60. The van der Waals surface area contributed by atoms with Gasteiger partial charge in [0, 0.05) is 25.0 Å². The van der Waals surface area contributed by atoms with E-state index in [1.807, 2.05) is 0 Å². The van der Waals surface area contributed by atoms with Gasteiger partial charge in [-0.2, -0.15) is 0 Å². The first-order valence-corrected chi connectivity index (χ1v) is 7.55. The molecule has 2 nitrogen and oxygen atoms in total. The molecular weight excluding hydrogens is 210 g/mol. The molecule has 1 heterocycles. The van der Waals surface area contributed by atoms with E-state index < -0.39 is 0 Å². The summed E-state index contributed by atoms with van der Waals surface area (Å²) < 4.78 is 0. The molecule has 1 saturated heterocycles. The molecule has 1 N–H and O–H groups in total. The van der Waals surface area contributed by atoms with Gasteiger partial charge < -0.3 is 5.11 Å². The van der Waals surface area contributed by atoms with E-state index in [1.165, 1.54) is 32.2 Å². The molecule has 2 aliphatic carbocycles. The van der Waals surface area contributed by atoms with Crippen molar-refractivity contribution >= 4 is 0 Å². The molecule has 0 aromatic rings. The Morgan fingerprint density at radius 1 is 1.12 bits per heavy atom. The van der Waals surface area contributed by atoms with E-state index in [0.29, 0.717) is 17.8 Å². The van der Waals surface area contributed by atoms with Crippen LogP contribution in [0, 0.1) is 23.7 Å². The summed E-state index contributed by atoms with van der Waals surface area (Å²) >= 11 is 0. The smallest absolute Gasteiger partial charge is 0.0585 e. The molecule has 2 heteroatoms. The molecule has 1 aliphatic heterocycles. The number of nitrogens with zero attached hydrogens (tertiary/aromatic N) is 1. The highest BCUT2D eigenvalue weighted by Crippen LogP contribution is 2.40. The maximum absolute atomic E-state index is 10.3. The largest absolute Gasteiger partial charge is 0.393 e. The minimum atomic E-state index is -0.0483. The normalized spacial score (nSPS) is 51.0. The predicted molar refractivity (Wildman–Crippen MR) is 69.8 cm³/mol. The van der Waals surface area contributed by atoms with Gasteiger partial charge in [-0.05, 0) is 49.9 Å². The Morgan fingerprint density at radius 3 is 2.53 bits per heavy atom. The van der Waals surface area contributed by atoms with Gasteiger partial charge in [0.1, 0.15) is 0 Å². The molecule has 6 atom stereocenters. The molecule has 0 amide bonds. The lowest BCUT2D eigenvalue weighted by atomic mass is 9.73. The number of aliphatic hydroxyl groups is 1. The second-order valence-corrected chi connectivity index (χ2v) is 7.07. The molecule has 17 heavy (non-hydrogen) atoms. The zero-order valence-electron chi connectivity index (χ0n) is 11.3. The number of fused-ring (bicyclic) bond motifs is 2. The highest BCUT2D eigenvalue weighted by molar-refractivity contribution is 4.94. The van der Waals surface area contributed by atoms with Gasteiger partial charge in [0.2, 0.25) is 0 Å². The highest BCUT2D eigenvalue weighted by Gasteiger charge is 2.41. The van der Waals surface area contributed by atoms with Crippen molar-refractivity contribution in [2.75, 3.05) is 13.1 Å². The van der Waals surface area contributed by atoms with Crippen LogP contribution in [0.15, 0.2) is 0 Å². The van der Waals surface area contributed by atoms with Crippen LogP contribution in [-0.2, 0) is 0 Å². The Kier molecular flexibility index (Phi) is 3.20. The molecule has 0 radical (unpaired) electrons. The van der Waals surface area contributed by atoms with Crippen LogP contribution >= 0.6 is 0 Å². The lowest BCUT2D eigenvalue weighted by molar-refractivity contribution is -0.00663. The number of hydrogen-bond donors (Lipinski definition) is 1. The fourth-order valence-corrected chi connectivity index (χ4v) is 4.69. The number of piperidine rings is 1. The van der Waals surface area contributed by atoms with Crippen molar-refractivity contribution in [2.24, 2.45) is 23.7 Å². The first-order valence-electron chi connectivity index (χ1n) is 7.55. The van der Waals surface area contributed by atoms with Gasteiger partial charge in [-0.1, -0.05) is 13.8 Å². The standard InChI is InChI=1S/C15H27NO/c1-10-5-11(2)14(15(17)6-10)9-16-8-12-3-4-13(16)7-12/h10-15,17H,3-9H2,1-2H3. The predicted octanol–water partition coefficient (Wildman–Crippen LogP) is 2.51. The van der Waals surface area contributed by atoms with Crippen molar-refractivity contribution < 1.29 is 5.11 Å². The van der Waals surface area contributed by atoms with Crippen molar-refractivity contribution in [1.82, 2.24) is 4.90 Å². The van der Waals surface area contributed by atoms with Gasteiger partial charge in [-0.25, -0.2) is 0 Å². The van der Waals surface area contributed by atoms with E-state index in [0.717, 1.165) is 24.9 Å². The van der Waals surface area contributed by atoms with Crippen molar-refractivity contribution in [3.8, 4) is 0 Å². The number of hydrogen-bond acceptors (Lipinski definition) is 2. The lowest BCUT2D eigenvalue weighted by Gasteiger charge is -2.40. The summed E-state index contributed by atoms with van der Waals surface area (Å²) in [5.41, 5.74) is 0. The van der Waals surface area contributed by atoms with Crippen LogP contribution in [0.5, 0.6) is 0 Å². The van der Waals surface area contributed by atoms with E-state index in [9.17, 15) is 5.11 Å². The molecular formula is C15H27NO. The third-order valence-electron chi connectivity index (χ3n) is 5.61. The zero-order chi connectivity index (χ0) is 12.0. The Morgan fingerprint density at radius 2 is 1.94 bits per heavy atom. The van der Waals surface area contributed by atoms with E-state index >= 15 is 0 Å². The van der Waals surface area contributed by atoms with Gasteiger partial charge in [-0.3, -0.25) is 4.90 Å². The van der Waals surface area contributed by atoms with Crippen molar-refractivity contribution in [1.29, 1.82) is 0 Å². The number of likely N-dealkylation sites (tertiary alicyclic amines) is 1. The van der Waals surface area contributed by atoms with Crippen molar-refractivity contribution in [2.45, 2.75) is 58.1 Å². The third kappa shape index (κ3) is 2.26. The molecule has 0 aromatic carbocycles. The Bertz CT molecular complexity index is 268. The fourth-order valence-electron chi connectivity index (χ4n) is 4.69. The summed E-state index contributed by atoms with van der Waals surface area (Å²) in [5, 5.41) is 10.3. The third-order valence-corrected chi connectivity index (χ3v) is 5.61. The Hall–Kier alpha value is -0.0800. The highest BCUT2D eigenvalue weighted by atomic mass is 16.3. The van der Waals surface area contributed by atoms with Crippen LogP contribution in [0.1, 0.15) is 46.0 Å². The first-order chi connectivity index (χ1) is 8.13. The molecule has 6 unspecified atom stereocenters. The quantitative estimate of drug-likeness (QED) is 0.797. The summed E-state index contributed by atoms with van der Waals surface area (Å²) in [7, 11) is 0. The van der Waals surface area contributed by atoms with Crippen LogP contribution in [-0.4, -0.2) is 35.2 Å². The van der Waals surface area contributed by atoms with Gasteiger partial charge in [0.15, 0.2) is 0 Å². The van der Waals surface area contributed by atoms with Crippen LogP contribution in [0.2, 0.25) is 0 Å². The van der Waals surface area contributed by atoms with E-state index in [2.05, 4.69) is 18.7 Å². The molecule has 3 fully saturated rings. The summed E-state index contributed by atoms with van der Waals surface area (Å²) in [5.74, 6) is 2.93. The van der Waals surface area contributed by atoms with E-state index in [1.54, 1.807) is 0 Å². The minimum Gasteiger partial charge on any atom is -0.393 e. The maximum atomic E-state index is 10.3. The molecule has 2 bridgehead atoms. The van der Waals surface area contributed by atoms with E-state index in [4.69, 9.17) is 0 Å². The monoisotopic (exact) mass is 237 g/mol. The zero-order valence-corrected chi connectivity index (χ0v) is 11.3. The van der Waals surface area contributed by atoms with Gasteiger partial charge >= 0.3 is 0 Å². The Balaban J connectivity index is 1.60. The van der Waals surface area contributed by atoms with Crippen LogP contribution in [0.25, 0.3) is 0 Å². The average Bonchev–Trinajstić information content (AvgIpc) is 2.84. The SMILES string of the molecule is CC1CC(C)C(CN2CC3CCC2C3)C(O)C1. The van der Waals surface area contributed by atoms with Crippen LogP contribution < -0.4 is 0 Å². The molecule has 2 saturated carbocycles. The Labute approximate surface area is 105 Å². The maximum Gasteiger partial charge on any atom is 0.0585 e. The van der Waals surface area contributed by atoms with Gasteiger partial charge in [0.05, 0.1) is 6.10 Å². The first kappa shape index (κ1) is 12.0. The molecule has 98 valence electrons. The minimum absolute atomic E-state index is 0.0483. The molecule has 3 rings (SSSR count). The van der Waals surface area contributed by atoms with E-state index in [-0.39, 0.29) is 6.10 Å². The molecule has 0 spiro atoms. The van der Waals surface area contributed by atoms with Crippen LogP contribution in [0.4, 0.5) is 0 Å². The topological polar surface area (TPSA) is 23.5 Å². The van der Waals surface area contributed by atoms with Crippen molar-refractivity contribution in [3.05, 3.63) is 0 Å². The molecule has 3 aliphatic rings. The average molecular weight is 237 g/mol.